The molecular weight excluding hydrogens is 331 g/mol. The van der Waals surface area contributed by atoms with Crippen LogP contribution in [-0.2, 0) is 4.74 Å². The van der Waals surface area contributed by atoms with E-state index < -0.39 is 11.6 Å². The molecule has 2 aromatic rings. The number of hydrogen-bond donors (Lipinski definition) is 1. The van der Waals surface area contributed by atoms with Crippen molar-refractivity contribution in [2.24, 2.45) is 0 Å². The number of hydrogen-bond acceptors (Lipinski definition) is 5. The van der Waals surface area contributed by atoms with E-state index in [0.29, 0.717) is 21.3 Å². The molecule has 0 bridgehead atoms. The number of nitrogens with zero attached hydrogens (tertiary/aromatic N) is 1. The Labute approximate surface area is 137 Å². The maximum absolute atomic E-state index is 12.1. The summed E-state index contributed by atoms with van der Waals surface area (Å²) in [6, 6.07) is 5.07. The van der Waals surface area contributed by atoms with Crippen LogP contribution < -0.4 is 5.73 Å². The van der Waals surface area contributed by atoms with Crippen LogP contribution in [0.5, 0.6) is 0 Å². The van der Waals surface area contributed by atoms with Crippen LogP contribution in [0.25, 0.3) is 11.3 Å². The second-order valence-electron chi connectivity index (χ2n) is 5.40. The number of rotatable bonds is 2. The Hall–Kier alpha value is -1.30. The van der Waals surface area contributed by atoms with Crippen molar-refractivity contribution in [3.05, 3.63) is 33.1 Å². The Bertz CT molecular complexity index is 693. The fourth-order valence-corrected chi connectivity index (χ4v) is 2.62. The average molecular weight is 345 g/mol. The van der Waals surface area contributed by atoms with E-state index in [-0.39, 0.29) is 10.6 Å². The molecule has 0 aliphatic heterocycles. The normalized spacial score (nSPS) is 11.5. The van der Waals surface area contributed by atoms with E-state index in [0.717, 1.165) is 11.5 Å². The lowest BCUT2D eigenvalue weighted by Crippen LogP contribution is -2.23. The van der Waals surface area contributed by atoms with Crippen LogP contribution in [0, 0.1) is 0 Å². The number of benzene rings is 1. The van der Waals surface area contributed by atoms with Gasteiger partial charge in [-0.25, -0.2) is 4.79 Å². The predicted molar refractivity (Wildman–Crippen MR) is 87.2 cm³/mol. The topological polar surface area (TPSA) is 65.2 Å². The Morgan fingerprint density at radius 1 is 1.29 bits per heavy atom. The van der Waals surface area contributed by atoms with Gasteiger partial charge in [-0.15, -0.1) is 0 Å². The summed E-state index contributed by atoms with van der Waals surface area (Å²) in [7, 11) is 0. The molecule has 2 rings (SSSR count). The summed E-state index contributed by atoms with van der Waals surface area (Å²) in [5.74, 6) is -0.483. The van der Waals surface area contributed by atoms with E-state index >= 15 is 0 Å². The van der Waals surface area contributed by atoms with Crippen molar-refractivity contribution in [1.82, 2.24) is 4.37 Å². The smallest absolute Gasteiger partial charge is 0.352 e. The lowest BCUT2D eigenvalue weighted by Gasteiger charge is -2.18. The molecule has 0 saturated heterocycles. The number of ether oxygens (including phenoxy) is 1. The lowest BCUT2D eigenvalue weighted by atomic mass is 10.1. The van der Waals surface area contributed by atoms with Gasteiger partial charge in [-0.3, -0.25) is 0 Å². The molecule has 0 saturated carbocycles. The maximum Gasteiger partial charge on any atom is 0.352 e. The van der Waals surface area contributed by atoms with E-state index in [9.17, 15) is 4.79 Å². The SMILES string of the molecule is CC(C)(C)OC(=O)c1snc(-c2ccc(Cl)c(Cl)c2)c1N. The van der Waals surface area contributed by atoms with E-state index in [2.05, 4.69) is 4.37 Å². The van der Waals surface area contributed by atoms with Crippen LogP contribution in [0.15, 0.2) is 18.2 Å². The van der Waals surface area contributed by atoms with Crippen LogP contribution in [0.4, 0.5) is 5.69 Å². The van der Waals surface area contributed by atoms with Gasteiger partial charge in [-0.05, 0) is 44.4 Å². The molecule has 0 atom stereocenters. The minimum atomic E-state index is -0.586. The average Bonchev–Trinajstić information content (AvgIpc) is 2.73. The third-order valence-corrected chi connectivity index (χ3v) is 4.09. The summed E-state index contributed by atoms with van der Waals surface area (Å²) in [4.78, 5) is 12.4. The monoisotopic (exact) mass is 344 g/mol. The number of nitrogens with two attached hydrogens (primary N) is 1. The predicted octanol–water partition coefficient (Wildman–Crippen LogP) is 4.65. The maximum atomic E-state index is 12.1. The standard InChI is InChI=1S/C14H14Cl2N2O2S/c1-14(2,3)20-13(19)12-10(17)11(18-21-12)7-4-5-8(15)9(16)6-7/h4-6H,17H2,1-3H3. The number of halogens is 2. The van der Waals surface area contributed by atoms with Gasteiger partial charge in [0.15, 0.2) is 4.88 Å². The lowest BCUT2D eigenvalue weighted by molar-refractivity contribution is 0.00764. The van der Waals surface area contributed by atoms with Crippen LogP contribution in [0.3, 0.4) is 0 Å². The molecule has 0 spiro atoms. The second kappa shape index (κ2) is 5.83. The van der Waals surface area contributed by atoms with Gasteiger partial charge in [-0.2, -0.15) is 4.37 Å². The summed E-state index contributed by atoms with van der Waals surface area (Å²) in [5, 5.41) is 0.849. The minimum absolute atomic E-state index is 0.283. The molecule has 0 aliphatic rings. The molecule has 1 aromatic heterocycles. The first-order chi connectivity index (χ1) is 9.69. The van der Waals surface area contributed by atoms with Crippen LogP contribution in [-0.4, -0.2) is 15.9 Å². The van der Waals surface area contributed by atoms with Gasteiger partial charge in [0.05, 0.1) is 15.7 Å². The van der Waals surface area contributed by atoms with E-state index in [1.54, 1.807) is 39.0 Å². The van der Waals surface area contributed by atoms with Crippen LogP contribution >= 0.6 is 34.7 Å². The fourth-order valence-electron chi connectivity index (χ4n) is 1.62. The number of esters is 1. The van der Waals surface area contributed by atoms with Gasteiger partial charge < -0.3 is 10.5 Å². The molecule has 4 nitrogen and oxygen atoms in total. The number of carbonyl (C=O) groups is 1. The zero-order valence-corrected chi connectivity index (χ0v) is 14.1. The van der Waals surface area contributed by atoms with Gasteiger partial charge in [0.25, 0.3) is 0 Å². The van der Waals surface area contributed by atoms with Crippen molar-refractivity contribution in [3.8, 4) is 11.3 Å². The third kappa shape index (κ3) is 3.67. The first-order valence-corrected chi connectivity index (χ1v) is 7.66. The summed E-state index contributed by atoms with van der Waals surface area (Å²) >= 11 is 12.9. The number of anilines is 1. The van der Waals surface area contributed by atoms with Crippen LogP contribution in [0.2, 0.25) is 10.0 Å². The highest BCUT2D eigenvalue weighted by atomic mass is 35.5. The summed E-state index contributed by atoms with van der Waals surface area (Å²) in [6.07, 6.45) is 0. The third-order valence-electron chi connectivity index (χ3n) is 2.51. The molecule has 1 aromatic carbocycles. The van der Waals surface area contributed by atoms with E-state index in [1.807, 2.05) is 0 Å². The molecule has 112 valence electrons. The molecule has 0 amide bonds. The zero-order valence-electron chi connectivity index (χ0n) is 11.7. The highest BCUT2D eigenvalue weighted by Crippen LogP contribution is 2.34. The van der Waals surface area contributed by atoms with Crippen molar-refractivity contribution in [1.29, 1.82) is 0 Å². The second-order valence-corrected chi connectivity index (χ2v) is 6.99. The molecular formula is C14H14Cl2N2O2S. The van der Waals surface area contributed by atoms with Gasteiger partial charge >= 0.3 is 5.97 Å². The highest BCUT2D eigenvalue weighted by Gasteiger charge is 2.24. The first kappa shape index (κ1) is 16.1. The van der Waals surface area contributed by atoms with Crippen molar-refractivity contribution in [2.45, 2.75) is 26.4 Å². The molecule has 0 aliphatic carbocycles. The first-order valence-electron chi connectivity index (χ1n) is 6.13. The van der Waals surface area contributed by atoms with E-state index in [4.69, 9.17) is 33.7 Å². The Balaban J connectivity index is 2.36. The summed E-state index contributed by atoms with van der Waals surface area (Å²) in [6.45, 7) is 5.38. The molecule has 21 heavy (non-hydrogen) atoms. The molecule has 1 heterocycles. The summed E-state index contributed by atoms with van der Waals surface area (Å²) < 4.78 is 9.52. The molecule has 2 N–H and O–H groups in total. The zero-order chi connectivity index (χ0) is 15.8. The number of nitrogen functional groups attached to an aromatic ring is 1. The Morgan fingerprint density at radius 3 is 2.52 bits per heavy atom. The van der Waals surface area contributed by atoms with Crippen molar-refractivity contribution in [3.63, 3.8) is 0 Å². The van der Waals surface area contributed by atoms with Crippen LogP contribution in [0.1, 0.15) is 30.4 Å². The Kier molecular flexibility index (Phi) is 4.46. The summed E-state index contributed by atoms with van der Waals surface area (Å²) in [5.41, 5.74) is 6.91. The van der Waals surface area contributed by atoms with Gasteiger partial charge in [-0.1, -0.05) is 29.3 Å². The highest BCUT2D eigenvalue weighted by molar-refractivity contribution is 7.09. The Morgan fingerprint density at radius 2 is 1.95 bits per heavy atom. The fraction of sp³-hybridized carbons (Fsp3) is 0.286. The van der Waals surface area contributed by atoms with Gasteiger partial charge in [0, 0.05) is 5.56 Å². The molecule has 0 radical (unpaired) electrons. The number of carbonyl (C=O) groups excluding carboxylic acids is 1. The quantitative estimate of drug-likeness (QED) is 0.805. The van der Waals surface area contributed by atoms with E-state index in [1.165, 1.54) is 0 Å². The largest absolute Gasteiger partial charge is 0.456 e. The molecule has 7 heteroatoms. The van der Waals surface area contributed by atoms with Crippen molar-refractivity contribution < 1.29 is 9.53 Å². The minimum Gasteiger partial charge on any atom is -0.456 e. The van der Waals surface area contributed by atoms with Crippen molar-refractivity contribution >= 4 is 46.4 Å². The van der Waals surface area contributed by atoms with Gasteiger partial charge in [0.1, 0.15) is 11.3 Å². The molecule has 0 fully saturated rings. The molecule has 0 unspecified atom stereocenters. The van der Waals surface area contributed by atoms with Crippen molar-refractivity contribution in [2.75, 3.05) is 5.73 Å². The number of aromatic nitrogens is 1. The van der Waals surface area contributed by atoms with Gasteiger partial charge in [0.2, 0.25) is 0 Å².